The van der Waals surface area contributed by atoms with Crippen LogP contribution in [-0.4, -0.2) is 56.4 Å². The minimum absolute atomic E-state index is 0.357. The van der Waals surface area contributed by atoms with Gasteiger partial charge in [-0.3, -0.25) is 5.10 Å². The summed E-state index contributed by atoms with van der Waals surface area (Å²) < 4.78 is 5.52. The molecule has 4 aromatic rings. The molecule has 0 saturated carbocycles. The third kappa shape index (κ3) is 6.82. The Kier molecular flexibility index (Phi) is 8.51. The molecule has 0 fully saturated rings. The van der Waals surface area contributed by atoms with E-state index < -0.39 is 0 Å². The van der Waals surface area contributed by atoms with E-state index in [0.29, 0.717) is 35.8 Å². The smallest absolute Gasteiger partial charge is 0.227 e. The van der Waals surface area contributed by atoms with Gasteiger partial charge in [0.2, 0.25) is 5.95 Å². The van der Waals surface area contributed by atoms with E-state index in [0.717, 1.165) is 48.9 Å². The number of aromatic nitrogens is 5. The van der Waals surface area contributed by atoms with E-state index in [1.807, 2.05) is 48.5 Å². The fourth-order valence-electron chi connectivity index (χ4n) is 3.70. The summed E-state index contributed by atoms with van der Waals surface area (Å²) in [4.78, 5) is 11.7. The van der Waals surface area contributed by atoms with Crippen molar-refractivity contribution in [3.63, 3.8) is 0 Å². The summed E-state index contributed by atoms with van der Waals surface area (Å²) >= 11 is 0. The number of H-pyrrole nitrogens is 1. The van der Waals surface area contributed by atoms with Gasteiger partial charge in [0.1, 0.15) is 17.3 Å². The predicted molar refractivity (Wildman–Crippen MR) is 144 cm³/mol. The quantitative estimate of drug-likeness (QED) is 0.204. The van der Waals surface area contributed by atoms with Crippen molar-refractivity contribution in [2.45, 2.75) is 40.2 Å². The lowest BCUT2D eigenvalue weighted by atomic mass is 10.1. The van der Waals surface area contributed by atoms with Crippen LogP contribution in [0.2, 0.25) is 0 Å². The number of hydrogen-bond acceptors (Lipinski definition) is 9. The number of hydrogen-bond donors (Lipinski definition) is 4. The van der Waals surface area contributed by atoms with Crippen LogP contribution in [0, 0.1) is 0 Å². The molecule has 0 saturated heterocycles. The van der Waals surface area contributed by atoms with E-state index in [2.05, 4.69) is 73.9 Å². The van der Waals surface area contributed by atoms with E-state index in [1.54, 1.807) is 0 Å². The molecular weight excluding hydrogens is 454 g/mol. The Balaban J connectivity index is 1.47. The van der Waals surface area contributed by atoms with Gasteiger partial charge in [-0.1, -0.05) is 63.2 Å². The minimum atomic E-state index is 0.357. The van der Waals surface area contributed by atoms with Crippen molar-refractivity contribution in [2.75, 3.05) is 42.1 Å². The third-order valence-corrected chi connectivity index (χ3v) is 5.88. The Morgan fingerprint density at radius 2 is 1.72 bits per heavy atom. The molecule has 0 spiro atoms. The van der Waals surface area contributed by atoms with Crippen LogP contribution in [0.25, 0.3) is 11.3 Å². The fraction of sp³-hybridized carbons (Fsp3) is 0.385. The lowest BCUT2D eigenvalue weighted by Crippen LogP contribution is -2.28. The van der Waals surface area contributed by atoms with Crippen LogP contribution in [-0.2, 0) is 6.54 Å². The minimum Gasteiger partial charge on any atom is -0.369 e. The Labute approximate surface area is 211 Å². The van der Waals surface area contributed by atoms with Gasteiger partial charge in [0.15, 0.2) is 11.6 Å². The summed E-state index contributed by atoms with van der Waals surface area (Å²) in [6.07, 6.45) is 0. The second kappa shape index (κ2) is 12.2. The topological polar surface area (TPSA) is 120 Å². The van der Waals surface area contributed by atoms with Crippen molar-refractivity contribution in [3.05, 3.63) is 60.0 Å². The molecule has 0 aliphatic heterocycles. The van der Waals surface area contributed by atoms with Gasteiger partial charge in [-0.2, -0.15) is 15.1 Å². The van der Waals surface area contributed by atoms with Crippen LogP contribution < -0.4 is 16.0 Å². The van der Waals surface area contributed by atoms with Crippen molar-refractivity contribution in [1.29, 1.82) is 0 Å². The molecule has 3 aromatic heterocycles. The van der Waals surface area contributed by atoms with E-state index >= 15 is 0 Å². The fourth-order valence-corrected chi connectivity index (χ4v) is 3.70. The predicted octanol–water partition coefficient (Wildman–Crippen LogP) is 5.09. The lowest BCUT2D eigenvalue weighted by Gasteiger charge is -2.18. The first kappa shape index (κ1) is 25.2. The van der Waals surface area contributed by atoms with E-state index in [-0.39, 0.29) is 0 Å². The number of aromatic amines is 1. The largest absolute Gasteiger partial charge is 0.369 e. The van der Waals surface area contributed by atoms with Gasteiger partial charge in [0, 0.05) is 42.5 Å². The Bertz CT molecular complexity index is 1220. The van der Waals surface area contributed by atoms with Crippen molar-refractivity contribution >= 4 is 23.4 Å². The van der Waals surface area contributed by atoms with Gasteiger partial charge in [0.25, 0.3) is 0 Å². The molecule has 4 N–H and O–H groups in total. The van der Waals surface area contributed by atoms with Crippen LogP contribution >= 0.6 is 0 Å². The summed E-state index contributed by atoms with van der Waals surface area (Å²) in [6, 6.07) is 15.7. The first-order valence-electron chi connectivity index (χ1n) is 12.5. The van der Waals surface area contributed by atoms with Gasteiger partial charge < -0.3 is 25.4 Å². The van der Waals surface area contributed by atoms with Crippen molar-refractivity contribution in [3.8, 4) is 11.3 Å². The van der Waals surface area contributed by atoms with Gasteiger partial charge in [-0.25, -0.2) is 0 Å². The highest BCUT2D eigenvalue weighted by Gasteiger charge is 2.11. The summed E-state index contributed by atoms with van der Waals surface area (Å²) in [5.41, 5.74) is 2.86. The Hall–Kier alpha value is -3.92. The first-order chi connectivity index (χ1) is 17.5. The second-order valence-corrected chi connectivity index (χ2v) is 8.80. The van der Waals surface area contributed by atoms with Gasteiger partial charge >= 0.3 is 0 Å². The Morgan fingerprint density at radius 1 is 0.944 bits per heavy atom. The summed E-state index contributed by atoms with van der Waals surface area (Å²) in [5, 5.41) is 21.6. The zero-order valence-electron chi connectivity index (χ0n) is 21.4. The maximum absolute atomic E-state index is 5.52. The molecule has 0 amide bonds. The molecule has 4 rings (SSSR count). The Morgan fingerprint density at radius 3 is 2.44 bits per heavy atom. The molecule has 0 radical (unpaired) electrons. The SMILES string of the molecule is CCN(CC)CCNc1cc(Nc2cc(C(C)C)[nH]n2)nc(NCc2cc(-c3ccccc3)no2)n1. The maximum Gasteiger partial charge on any atom is 0.227 e. The number of nitrogens with zero attached hydrogens (tertiary/aromatic N) is 5. The van der Waals surface area contributed by atoms with Crippen LogP contribution in [0.4, 0.5) is 23.4 Å². The third-order valence-electron chi connectivity index (χ3n) is 5.88. The molecule has 0 aliphatic carbocycles. The van der Waals surface area contributed by atoms with Gasteiger partial charge in [-0.15, -0.1) is 0 Å². The van der Waals surface area contributed by atoms with Crippen molar-refractivity contribution in [2.24, 2.45) is 0 Å². The average Bonchev–Trinajstić information content (AvgIpc) is 3.56. The van der Waals surface area contributed by atoms with Crippen LogP contribution in [0.5, 0.6) is 0 Å². The van der Waals surface area contributed by atoms with E-state index in [1.165, 1.54) is 0 Å². The molecule has 10 nitrogen and oxygen atoms in total. The number of nitrogens with one attached hydrogen (secondary N) is 4. The molecular formula is C26H35N9O. The number of rotatable bonds is 13. The number of anilines is 4. The molecule has 10 heteroatoms. The highest BCUT2D eigenvalue weighted by Crippen LogP contribution is 2.22. The highest BCUT2D eigenvalue weighted by molar-refractivity contribution is 5.60. The molecule has 36 heavy (non-hydrogen) atoms. The van der Waals surface area contributed by atoms with Gasteiger partial charge in [0.05, 0.1) is 6.54 Å². The molecule has 0 bridgehead atoms. The maximum atomic E-state index is 5.52. The first-order valence-corrected chi connectivity index (χ1v) is 12.5. The standard InChI is InChI=1S/C26H35N9O/c1-5-35(6-2)13-12-27-23-16-24(29-25-15-21(18(3)4)32-33-25)31-26(30-23)28-17-20-14-22(34-36-20)19-10-8-7-9-11-19/h7-11,14-16,18H,5-6,12-13,17H2,1-4H3,(H4,27,28,29,30,31,32,33). The van der Waals surface area contributed by atoms with Crippen molar-refractivity contribution in [1.82, 2.24) is 30.2 Å². The van der Waals surface area contributed by atoms with Crippen LogP contribution in [0.1, 0.15) is 45.1 Å². The van der Waals surface area contributed by atoms with Crippen molar-refractivity contribution < 1.29 is 4.52 Å². The summed E-state index contributed by atoms with van der Waals surface area (Å²) in [6.45, 7) is 12.7. The summed E-state index contributed by atoms with van der Waals surface area (Å²) in [5.74, 6) is 3.60. The van der Waals surface area contributed by atoms with E-state index in [9.17, 15) is 0 Å². The lowest BCUT2D eigenvalue weighted by molar-refractivity contribution is 0.316. The van der Waals surface area contributed by atoms with E-state index in [4.69, 9.17) is 4.52 Å². The second-order valence-electron chi connectivity index (χ2n) is 8.80. The summed E-state index contributed by atoms with van der Waals surface area (Å²) in [7, 11) is 0. The number of benzene rings is 1. The molecule has 0 unspecified atom stereocenters. The number of likely N-dealkylation sites (N-methyl/N-ethyl adjacent to an activating group) is 1. The zero-order chi connectivity index (χ0) is 25.3. The molecule has 1 aromatic carbocycles. The average molecular weight is 490 g/mol. The zero-order valence-corrected chi connectivity index (χ0v) is 21.4. The highest BCUT2D eigenvalue weighted by atomic mass is 16.5. The van der Waals surface area contributed by atoms with Gasteiger partial charge in [-0.05, 0) is 19.0 Å². The monoisotopic (exact) mass is 489 g/mol. The molecule has 0 atom stereocenters. The normalized spacial score (nSPS) is 11.3. The molecule has 190 valence electrons. The molecule has 0 aliphatic rings. The van der Waals surface area contributed by atoms with Crippen LogP contribution in [0.3, 0.4) is 0 Å². The van der Waals surface area contributed by atoms with Crippen LogP contribution in [0.15, 0.2) is 53.1 Å². The molecule has 3 heterocycles.